The number of amides is 1. The van der Waals surface area contributed by atoms with E-state index in [1.54, 1.807) is 18.2 Å². The van der Waals surface area contributed by atoms with Crippen molar-refractivity contribution in [2.45, 2.75) is 12.8 Å². The van der Waals surface area contributed by atoms with E-state index >= 15 is 0 Å². The van der Waals surface area contributed by atoms with Crippen LogP contribution in [0.1, 0.15) is 23.2 Å². The van der Waals surface area contributed by atoms with Crippen LogP contribution in [0, 0.1) is 5.92 Å². The molecule has 0 unspecified atom stereocenters. The molecule has 18 heavy (non-hydrogen) atoms. The third-order valence-corrected chi connectivity index (χ3v) is 4.42. The molecule has 0 radical (unpaired) electrons. The van der Waals surface area contributed by atoms with Crippen molar-refractivity contribution in [2.24, 2.45) is 5.92 Å². The summed E-state index contributed by atoms with van der Waals surface area (Å²) in [5, 5.41) is 6.85. The second-order valence-electron chi connectivity index (χ2n) is 4.53. The van der Waals surface area contributed by atoms with Crippen LogP contribution in [-0.4, -0.2) is 25.5 Å². The summed E-state index contributed by atoms with van der Waals surface area (Å²) in [7, 11) is 0. The van der Waals surface area contributed by atoms with Crippen LogP contribution < -0.4 is 10.6 Å². The summed E-state index contributed by atoms with van der Waals surface area (Å²) in [5.41, 5.74) is 0.608. The number of carbonyl (C=O) groups excluding carboxylic acids is 1. The molecule has 1 fully saturated rings. The lowest BCUT2D eigenvalue weighted by Crippen LogP contribution is -2.35. The van der Waals surface area contributed by atoms with E-state index in [0.717, 1.165) is 36.9 Å². The third-order valence-electron chi connectivity index (χ3n) is 3.19. The molecule has 2 rings (SSSR count). The van der Waals surface area contributed by atoms with E-state index in [1.807, 2.05) is 0 Å². The highest BCUT2D eigenvalue weighted by atomic mass is 79.9. The molecule has 0 aromatic heterocycles. The van der Waals surface area contributed by atoms with Crippen LogP contribution in [-0.2, 0) is 0 Å². The fraction of sp³-hybridized carbons (Fsp3) is 0.462. The summed E-state index contributed by atoms with van der Waals surface area (Å²) in [5.74, 6) is 0.532. The topological polar surface area (TPSA) is 41.1 Å². The number of halogens is 2. The second-order valence-corrected chi connectivity index (χ2v) is 5.79. The van der Waals surface area contributed by atoms with E-state index in [1.165, 1.54) is 0 Å². The van der Waals surface area contributed by atoms with Crippen molar-refractivity contribution < 1.29 is 4.79 Å². The van der Waals surface area contributed by atoms with E-state index in [-0.39, 0.29) is 5.91 Å². The third kappa shape index (κ3) is 3.70. The van der Waals surface area contributed by atoms with Gasteiger partial charge in [-0.25, -0.2) is 0 Å². The van der Waals surface area contributed by atoms with Gasteiger partial charge in [-0.05, 0) is 66.0 Å². The normalized spacial score (nSPS) is 16.6. The first-order valence-corrected chi connectivity index (χ1v) is 7.28. The number of benzene rings is 1. The molecule has 0 saturated carbocycles. The van der Waals surface area contributed by atoms with Gasteiger partial charge in [0.2, 0.25) is 0 Å². The maximum Gasteiger partial charge on any atom is 0.251 e. The first-order chi connectivity index (χ1) is 8.66. The van der Waals surface area contributed by atoms with Crippen LogP contribution >= 0.6 is 27.5 Å². The smallest absolute Gasteiger partial charge is 0.251 e. The molecule has 1 aromatic carbocycles. The zero-order chi connectivity index (χ0) is 13.0. The van der Waals surface area contributed by atoms with Gasteiger partial charge in [0, 0.05) is 16.6 Å². The highest BCUT2D eigenvalue weighted by molar-refractivity contribution is 9.10. The Balaban J connectivity index is 1.88. The molecule has 0 atom stereocenters. The summed E-state index contributed by atoms with van der Waals surface area (Å²) in [6.07, 6.45) is 2.25. The number of nitrogens with one attached hydrogen (secondary N) is 2. The Labute approximate surface area is 120 Å². The highest BCUT2D eigenvalue weighted by Gasteiger charge is 2.14. The molecule has 0 spiro atoms. The maximum absolute atomic E-state index is 12.0. The SMILES string of the molecule is O=C(NCC1CCNCC1)c1ccc(Br)c(Cl)c1. The number of hydrogen-bond acceptors (Lipinski definition) is 2. The van der Waals surface area contributed by atoms with Crippen molar-refractivity contribution in [1.29, 1.82) is 0 Å². The molecule has 5 heteroatoms. The van der Waals surface area contributed by atoms with E-state index in [4.69, 9.17) is 11.6 Å². The number of piperidine rings is 1. The molecule has 1 aliphatic heterocycles. The molecule has 3 nitrogen and oxygen atoms in total. The quantitative estimate of drug-likeness (QED) is 0.894. The standard InChI is InChI=1S/C13H16BrClN2O/c14-11-2-1-10(7-12(11)15)13(18)17-8-9-3-5-16-6-4-9/h1-2,7,9,16H,3-6,8H2,(H,17,18). The van der Waals surface area contributed by atoms with Crippen LogP contribution in [0.3, 0.4) is 0 Å². The van der Waals surface area contributed by atoms with E-state index in [9.17, 15) is 4.79 Å². The van der Waals surface area contributed by atoms with Gasteiger partial charge in [0.1, 0.15) is 0 Å². The van der Waals surface area contributed by atoms with Crippen LogP contribution in [0.15, 0.2) is 22.7 Å². The number of carbonyl (C=O) groups is 1. The van der Waals surface area contributed by atoms with Crippen molar-refractivity contribution >= 4 is 33.4 Å². The fourth-order valence-electron chi connectivity index (χ4n) is 2.06. The number of hydrogen-bond donors (Lipinski definition) is 2. The predicted molar refractivity (Wildman–Crippen MR) is 77.1 cm³/mol. The summed E-state index contributed by atoms with van der Waals surface area (Å²) >= 11 is 9.28. The molecule has 2 N–H and O–H groups in total. The van der Waals surface area contributed by atoms with Gasteiger partial charge in [0.05, 0.1) is 5.02 Å². The van der Waals surface area contributed by atoms with Crippen molar-refractivity contribution in [3.05, 3.63) is 33.3 Å². The van der Waals surface area contributed by atoms with Gasteiger partial charge in [0.15, 0.2) is 0 Å². The largest absolute Gasteiger partial charge is 0.352 e. The Bertz CT molecular complexity index is 433. The highest BCUT2D eigenvalue weighted by Crippen LogP contribution is 2.23. The molecule has 1 saturated heterocycles. The van der Waals surface area contributed by atoms with Crippen molar-refractivity contribution in [3.8, 4) is 0 Å². The minimum Gasteiger partial charge on any atom is -0.352 e. The van der Waals surface area contributed by atoms with Crippen LogP contribution in [0.4, 0.5) is 0 Å². The van der Waals surface area contributed by atoms with E-state index in [2.05, 4.69) is 26.6 Å². The first kappa shape index (κ1) is 13.8. The van der Waals surface area contributed by atoms with Gasteiger partial charge < -0.3 is 10.6 Å². The van der Waals surface area contributed by atoms with Gasteiger partial charge in [0.25, 0.3) is 5.91 Å². The van der Waals surface area contributed by atoms with Crippen LogP contribution in [0.5, 0.6) is 0 Å². The molecular weight excluding hydrogens is 316 g/mol. The molecule has 98 valence electrons. The Morgan fingerprint density at radius 3 is 2.83 bits per heavy atom. The van der Waals surface area contributed by atoms with Gasteiger partial charge in [-0.1, -0.05) is 11.6 Å². The molecule has 1 aromatic rings. The van der Waals surface area contributed by atoms with Gasteiger partial charge in [-0.3, -0.25) is 4.79 Å². The molecule has 1 amide bonds. The average Bonchev–Trinajstić information content (AvgIpc) is 2.40. The Morgan fingerprint density at radius 1 is 1.44 bits per heavy atom. The summed E-state index contributed by atoms with van der Waals surface area (Å²) in [4.78, 5) is 12.0. The second kappa shape index (κ2) is 6.55. The summed E-state index contributed by atoms with van der Waals surface area (Å²) in [6, 6.07) is 5.25. The molecule has 0 bridgehead atoms. The Kier molecular flexibility index (Phi) is 5.03. The maximum atomic E-state index is 12.0. The van der Waals surface area contributed by atoms with E-state index in [0.29, 0.717) is 16.5 Å². The molecular formula is C13H16BrClN2O. The lowest BCUT2D eigenvalue weighted by Gasteiger charge is -2.22. The first-order valence-electron chi connectivity index (χ1n) is 6.11. The van der Waals surface area contributed by atoms with Crippen LogP contribution in [0.2, 0.25) is 5.02 Å². The van der Waals surface area contributed by atoms with Crippen LogP contribution in [0.25, 0.3) is 0 Å². The zero-order valence-corrected chi connectivity index (χ0v) is 12.4. The van der Waals surface area contributed by atoms with Gasteiger partial charge >= 0.3 is 0 Å². The summed E-state index contributed by atoms with van der Waals surface area (Å²) < 4.78 is 0.805. The molecule has 0 aliphatic carbocycles. The zero-order valence-electron chi connectivity index (χ0n) is 10.0. The fourth-order valence-corrected chi connectivity index (χ4v) is 2.49. The predicted octanol–water partition coefficient (Wildman–Crippen LogP) is 2.83. The van der Waals surface area contributed by atoms with Crippen molar-refractivity contribution in [2.75, 3.05) is 19.6 Å². The van der Waals surface area contributed by atoms with Gasteiger partial charge in [-0.2, -0.15) is 0 Å². The lowest BCUT2D eigenvalue weighted by molar-refractivity contribution is 0.0944. The average molecular weight is 332 g/mol. The minimum atomic E-state index is -0.0528. The monoisotopic (exact) mass is 330 g/mol. The lowest BCUT2D eigenvalue weighted by atomic mass is 9.98. The van der Waals surface area contributed by atoms with Crippen molar-refractivity contribution in [1.82, 2.24) is 10.6 Å². The van der Waals surface area contributed by atoms with E-state index < -0.39 is 0 Å². The molecule has 1 heterocycles. The Morgan fingerprint density at radius 2 is 2.17 bits per heavy atom. The van der Waals surface area contributed by atoms with Gasteiger partial charge in [-0.15, -0.1) is 0 Å². The summed E-state index contributed by atoms with van der Waals surface area (Å²) in [6.45, 7) is 2.84. The Hall–Kier alpha value is -0.580. The number of rotatable bonds is 3. The van der Waals surface area contributed by atoms with Crippen molar-refractivity contribution in [3.63, 3.8) is 0 Å². The molecule has 1 aliphatic rings. The minimum absolute atomic E-state index is 0.0528.